The minimum absolute atomic E-state index is 0. The van der Waals surface area contributed by atoms with Gasteiger partial charge in [-0.25, -0.2) is 4.99 Å². The highest BCUT2D eigenvalue weighted by atomic mass is 127. The minimum atomic E-state index is 0. The maximum atomic E-state index is 5.64. The molecule has 2 aromatic rings. The molecule has 26 heavy (non-hydrogen) atoms. The molecule has 0 amide bonds. The molecular weight excluding hydrogens is 443 g/mol. The molecule has 0 aliphatic rings. The van der Waals surface area contributed by atoms with Gasteiger partial charge in [-0.05, 0) is 36.8 Å². The number of nitrogens with zero attached hydrogens (tertiary/aromatic N) is 2. The van der Waals surface area contributed by atoms with Crippen LogP contribution in [-0.2, 0) is 17.8 Å². The Labute approximate surface area is 173 Å². The normalized spacial score (nSPS) is 10.9. The number of aromatic nitrogens is 1. The van der Waals surface area contributed by atoms with Crippen molar-refractivity contribution in [3.8, 4) is 5.75 Å². The molecule has 0 unspecified atom stereocenters. The molecule has 1 aromatic heterocycles. The van der Waals surface area contributed by atoms with E-state index >= 15 is 0 Å². The third-order valence-electron chi connectivity index (χ3n) is 3.55. The lowest BCUT2D eigenvalue weighted by Crippen LogP contribution is -2.38. The maximum absolute atomic E-state index is 5.64. The van der Waals surface area contributed by atoms with Crippen LogP contribution >= 0.6 is 24.0 Å². The van der Waals surface area contributed by atoms with E-state index in [1.54, 1.807) is 7.11 Å². The number of halogens is 1. The van der Waals surface area contributed by atoms with Gasteiger partial charge in [0.15, 0.2) is 5.96 Å². The number of hydrogen-bond donors (Lipinski definition) is 2. The largest absolute Gasteiger partial charge is 0.491 e. The summed E-state index contributed by atoms with van der Waals surface area (Å²) in [7, 11) is 1.67. The van der Waals surface area contributed by atoms with Crippen molar-refractivity contribution < 1.29 is 9.47 Å². The van der Waals surface area contributed by atoms with Crippen LogP contribution in [0.5, 0.6) is 5.75 Å². The number of methoxy groups -OCH3 is 1. The van der Waals surface area contributed by atoms with Gasteiger partial charge in [-0.3, -0.25) is 0 Å². The number of guanidine groups is 1. The van der Waals surface area contributed by atoms with Gasteiger partial charge in [-0.15, -0.1) is 24.0 Å². The summed E-state index contributed by atoms with van der Waals surface area (Å²) in [6.45, 7) is 6.34. The lowest BCUT2D eigenvalue weighted by Gasteiger charge is -2.12. The summed E-state index contributed by atoms with van der Waals surface area (Å²) in [5.74, 6) is 1.66. The van der Waals surface area contributed by atoms with Crippen molar-refractivity contribution in [2.24, 2.45) is 4.99 Å². The Bertz CT molecular complexity index is 632. The van der Waals surface area contributed by atoms with Crippen LogP contribution in [0, 0.1) is 0 Å². The van der Waals surface area contributed by atoms with E-state index in [0.717, 1.165) is 36.9 Å². The molecule has 0 spiro atoms. The first-order valence-electron chi connectivity index (χ1n) is 8.65. The zero-order chi connectivity index (χ0) is 17.7. The first kappa shape index (κ1) is 22.3. The smallest absolute Gasteiger partial charge is 0.191 e. The molecule has 0 atom stereocenters. The first-order valence-corrected chi connectivity index (χ1v) is 8.65. The minimum Gasteiger partial charge on any atom is -0.491 e. The van der Waals surface area contributed by atoms with E-state index in [4.69, 9.17) is 9.47 Å². The van der Waals surface area contributed by atoms with Gasteiger partial charge in [0, 0.05) is 39.1 Å². The second kappa shape index (κ2) is 13.5. The van der Waals surface area contributed by atoms with Gasteiger partial charge in [-0.2, -0.15) is 0 Å². The first-order chi connectivity index (χ1) is 12.3. The van der Waals surface area contributed by atoms with Crippen molar-refractivity contribution in [2.75, 3.05) is 33.4 Å². The molecule has 0 bridgehead atoms. The highest BCUT2D eigenvalue weighted by molar-refractivity contribution is 14.0. The fraction of sp³-hybridized carbons (Fsp3) is 0.421. The summed E-state index contributed by atoms with van der Waals surface area (Å²) in [6.07, 6.45) is 4.11. The second-order valence-electron chi connectivity index (χ2n) is 5.53. The molecule has 0 aliphatic heterocycles. The second-order valence-corrected chi connectivity index (χ2v) is 5.53. The molecule has 0 aliphatic carbocycles. The predicted molar refractivity (Wildman–Crippen MR) is 116 cm³/mol. The topological polar surface area (TPSA) is 59.8 Å². The molecule has 0 fully saturated rings. The molecule has 1 heterocycles. The van der Waals surface area contributed by atoms with E-state index in [9.17, 15) is 0 Å². The predicted octanol–water partition coefficient (Wildman–Crippen LogP) is 2.89. The zero-order valence-corrected chi connectivity index (χ0v) is 17.8. The van der Waals surface area contributed by atoms with Crippen LogP contribution in [-0.4, -0.2) is 43.9 Å². The summed E-state index contributed by atoms with van der Waals surface area (Å²) < 4.78 is 12.8. The van der Waals surface area contributed by atoms with Crippen LogP contribution in [0.15, 0.2) is 53.8 Å². The van der Waals surface area contributed by atoms with Gasteiger partial charge >= 0.3 is 0 Å². The molecule has 7 heteroatoms. The molecule has 2 rings (SSSR count). The van der Waals surface area contributed by atoms with Gasteiger partial charge in [0.1, 0.15) is 12.4 Å². The van der Waals surface area contributed by atoms with Crippen LogP contribution in [0.1, 0.15) is 12.5 Å². The monoisotopic (exact) mass is 472 g/mol. The maximum Gasteiger partial charge on any atom is 0.191 e. The molecule has 2 N–H and O–H groups in total. The van der Waals surface area contributed by atoms with Gasteiger partial charge in [-0.1, -0.05) is 12.1 Å². The summed E-state index contributed by atoms with van der Waals surface area (Å²) in [6, 6.07) is 12.1. The SMILES string of the molecule is CCNC(=NCc1cccc(OCCOC)c1)NCCn1cccc1.I. The van der Waals surface area contributed by atoms with Crippen LogP contribution in [0.4, 0.5) is 0 Å². The zero-order valence-electron chi connectivity index (χ0n) is 15.5. The Morgan fingerprint density at radius 3 is 2.65 bits per heavy atom. The summed E-state index contributed by atoms with van der Waals surface area (Å²) in [5.41, 5.74) is 1.11. The fourth-order valence-corrected chi connectivity index (χ4v) is 2.31. The lowest BCUT2D eigenvalue weighted by molar-refractivity contribution is 0.146. The molecule has 0 saturated carbocycles. The quantitative estimate of drug-likeness (QED) is 0.242. The number of hydrogen-bond acceptors (Lipinski definition) is 3. The molecule has 144 valence electrons. The van der Waals surface area contributed by atoms with Gasteiger partial charge in [0.05, 0.1) is 13.2 Å². The Kier molecular flexibility index (Phi) is 11.5. The third-order valence-corrected chi connectivity index (χ3v) is 3.55. The number of nitrogens with one attached hydrogen (secondary N) is 2. The Hall–Kier alpha value is -1.74. The lowest BCUT2D eigenvalue weighted by atomic mass is 10.2. The molecular formula is C19H29IN4O2. The number of rotatable bonds is 10. The van der Waals surface area contributed by atoms with E-state index in [2.05, 4.69) is 45.6 Å². The van der Waals surface area contributed by atoms with E-state index in [1.165, 1.54) is 0 Å². The Morgan fingerprint density at radius 2 is 1.92 bits per heavy atom. The van der Waals surface area contributed by atoms with Crippen molar-refractivity contribution in [1.29, 1.82) is 0 Å². The number of benzene rings is 1. The van der Waals surface area contributed by atoms with E-state index in [0.29, 0.717) is 19.8 Å². The van der Waals surface area contributed by atoms with Crippen molar-refractivity contribution in [3.05, 3.63) is 54.4 Å². The average molecular weight is 472 g/mol. The fourth-order valence-electron chi connectivity index (χ4n) is 2.31. The standard InChI is InChI=1S/C19H28N4O2.HI/c1-3-20-19(21-9-12-23-10-4-5-11-23)22-16-17-7-6-8-18(15-17)25-14-13-24-2;/h4-8,10-11,15H,3,9,12-14,16H2,1-2H3,(H2,20,21,22);1H. The van der Waals surface area contributed by atoms with E-state index in [1.807, 2.05) is 30.3 Å². The van der Waals surface area contributed by atoms with Crippen LogP contribution in [0.25, 0.3) is 0 Å². The number of aliphatic imine (C=N–C) groups is 1. The molecule has 0 radical (unpaired) electrons. The highest BCUT2D eigenvalue weighted by Gasteiger charge is 2.00. The molecule has 1 aromatic carbocycles. The summed E-state index contributed by atoms with van der Waals surface area (Å²) >= 11 is 0. The van der Waals surface area contributed by atoms with Crippen molar-refractivity contribution >= 4 is 29.9 Å². The van der Waals surface area contributed by atoms with Crippen molar-refractivity contribution in [1.82, 2.24) is 15.2 Å². The van der Waals surface area contributed by atoms with E-state index in [-0.39, 0.29) is 24.0 Å². The van der Waals surface area contributed by atoms with Crippen LogP contribution in [0.2, 0.25) is 0 Å². The van der Waals surface area contributed by atoms with E-state index < -0.39 is 0 Å². The highest BCUT2D eigenvalue weighted by Crippen LogP contribution is 2.14. The van der Waals surface area contributed by atoms with Crippen molar-refractivity contribution in [2.45, 2.75) is 20.0 Å². The van der Waals surface area contributed by atoms with Crippen LogP contribution < -0.4 is 15.4 Å². The Morgan fingerprint density at radius 1 is 1.12 bits per heavy atom. The summed E-state index contributed by atoms with van der Waals surface area (Å²) in [5, 5.41) is 6.63. The summed E-state index contributed by atoms with van der Waals surface area (Å²) in [4.78, 5) is 4.65. The average Bonchev–Trinajstić information content (AvgIpc) is 3.14. The van der Waals surface area contributed by atoms with Crippen LogP contribution in [0.3, 0.4) is 0 Å². The molecule has 0 saturated heterocycles. The third kappa shape index (κ3) is 8.57. The van der Waals surface area contributed by atoms with Gasteiger partial charge in [0.2, 0.25) is 0 Å². The van der Waals surface area contributed by atoms with Gasteiger partial charge < -0.3 is 24.7 Å². The Balaban J connectivity index is 0.00000338. The van der Waals surface area contributed by atoms with Gasteiger partial charge in [0.25, 0.3) is 0 Å². The molecule has 6 nitrogen and oxygen atoms in total. The number of ether oxygens (including phenoxy) is 2. The van der Waals surface area contributed by atoms with Crippen molar-refractivity contribution in [3.63, 3.8) is 0 Å².